The van der Waals surface area contributed by atoms with E-state index >= 15 is 0 Å². The van der Waals surface area contributed by atoms with E-state index in [2.05, 4.69) is 29.4 Å². The van der Waals surface area contributed by atoms with Crippen molar-refractivity contribution in [3.8, 4) is 0 Å². The van der Waals surface area contributed by atoms with Crippen LogP contribution in [-0.4, -0.2) is 76.3 Å². The summed E-state index contributed by atoms with van der Waals surface area (Å²) >= 11 is 0. The van der Waals surface area contributed by atoms with E-state index < -0.39 is 15.9 Å². The average molecular weight is 439 g/mol. The molecule has 8 nitrogen and oxygen atoms in total. The fraction of sp³-hybridized carbons (Fsp3) is 0.619. The van der Waals surface area contributed by atoms with E-state index in [4.69, 9.17) is 0 Å². The molecule has 2 amide bonds. The molecule has 0 aliphatic carbocycles. The monoisotopic (exact) mass is 438 g/mol. The van der Waals surface area contributed by atoms with Crippen LogP contribution in [0.1, 0.15) is 37.0 Å². The summed E-state index contributed by atoms with van der Waals surface area (Å²) < 4.78 is 25.5. The van der Waals surface area contributed by atoms with Crippen LogP contribution >= 0.6 is 0 Å². The molecular weight excluding hydrogens is 404 g/mol. The zero-order chi connectivity index (χ0) is 22.3. The van der Waals surface area contributed by atoms with Crippen molar-refractivity contribution in [1.82, 2.24) is 19.8 Å². The van der Waals surface area contributed by atoms with Crippen molar-refractivity contribution in [1.29, 1.82) is 0 Å². The van der Waals surface area contributed by atoms with Gasteiger partial charge in [-0.1, -0.05) is 19.9 Å². The van der Waals surface area contributed by atoms with Crippen molar-refractivity contribution in [3.05, 3.63) is 29.8 Å². The first-order valence-corrected chi connectivity index (χ1v) is 11.8. The lowest BCUT2D eigenvalue weighted by atomic mass is 9.92. The second-order valence-electron chi connectivity index (χ2n) is 8.41. The van der Waals surface area contributed by atoms with E-state index in [-0.39, 0.29) is 22.9 Å². The van der Waals surface area contributed by atoms with Gasteiger partial charge in [-0.25, -0.2) is 12.7 Å². The van der Waals surface area contributed by atoms with Crippen LogP contribution in [0.2, 0.25) is 0 Å². The maximum absolute atomic E-state index is 12.3. The Hall–Kier alpha value is -1.97. The SMILES string of the molecule is CC1CC(C)CN(CCCNC(=O)CNC(=O)c2cccc(S(=O)(=O)N(C)C)c2)C1. The lowest BCUT2D eigenvalue weighted by Gasteiger charge is -2.34. The number of hydrogen-bond acceptors (Lipinski definition) is 5. The summed E-state index contributed by atoms with van der Waals surface area (Å²) in [7, 11) is -0.767. The van der Waals surface area contributed by atoms with Crippen molar-refractivity contribution in [2.45, 2.75) is 31.6 Å². The lowest BCUT2D eigenvalue weighted by molar-refractivity contribution is -0.120. The van der Waals surface area contributed by atoms with Gasteiger partial charge in [0, 0.05) is 39.3 Å². The molecule has 0 aromatic heterocycles. The van der Waals surface area contributed by atoms with E-state index in [1.54, 1.807) is 0 Å². The van der Waals surface area contributed by atoms with Gasteiger partial charge in [0.25, 0.3) is 5.91 Å². The third-order valence-corrected chi connectivity index (χ3v) is 7.01. The fourth-order valence-corrected chi connectivity index (χ4v) is 4.79. The average Bonchev–Trinajstić information content (AvgIpc) is 2.68. The summed E-state index contributed by atoms with van der Waals surface area (Å²) in [5, 5.41) is 5.36. The Bertz CT molecular complexity index is 831. The number of nitrogens with one attached hydrogen (secondary N) is 2. The molecule has 168 valence electrons. The molecule has 30 heavy (non-hydrogen) atoms. The van der Waals surface area contributed by atoms with Gasteiger partial charge in [0.05, 0.1) is 11.4 Å². The van der Waals surface area contributed by atoms with Crippen LogP contribution in [0.3, 0.4) is 0 Å². The van der Waals surface area contributed by atoms with Crippen molar-refractivity contribution >= 4 is 21.8 Å². The van der Waals surface area contributed by atoms with Crippen LogP contribution in [0, 0.1) is 11.8 Å². The molecule has 1 aromatic carbocycles. The number of piperidine rings is 1. The Balaban J connectivity index is 1.74. The first-order valence-electron chi connectivity index (χ1n) is 10.4. The smallest absolute Gasteiger partial charge is 0.251 e. The number of likely N-dealkylation sites (tertiary alicyclic amines) is 1. The molecule has 2 atom stereocenters. The second-order valence-corrected chi connectivity index (χ2v) is 10.6. The number of amides is 2. The summed E-state index contributed by atoms with van der Waals surface area (Å²) in [6.45, 7) is 8.13. The van der Waals surface area contributed by atoms with Gasteiger partial charge in [-0.15, -0.1) is 0 Å². The van der Waals surface area contributed by atoms with Crippen molar-refractivity contribution in [3.63, 3.8) is 0 Å². The lowest BCUT2D eigenvalue weighted by Crippen LogP contribution is -2.41. The van der Waals surface area contributed by atoms with E-state index in [0.717, 1.165) is 30.4 Å². The number of carbonyl (C=O) groups is 2. The van der Waals surface area contributed by atoms with Crippen LogP contribution in [-0.2, 0) is 14.8 Å². The first-order chi connectivity index (χ1) is 14.1. The molecule has 0 bridgehead atoms. The molecule has 1 saturated heterocycles. The maximum atomic E-state index is 12.3. The summed E-state index contributed by atoms with van der Waals surface area (Å²) in [4.78, 5) is 26.8. The third-order valence-electron chi connectivity index (χ3n) is 5.20. The Labute approximate surface area is 180 Å². The molecule has 2 rings (SSSR count). The quantitative estimate of drug-likeness (QED) is 0.564. The van der Waals surface area contributed by atoms with Gasteiger partial charge in [0.2, 0.25) is 15.9 Å². The summed E-state index contributed by atoms with van der Waals surface area (Å²) in [5.41, 5.74) is 0.194. The number of hydrogen-bond donors (Lipinski definition) is 2. The van der Waals surface area contributed by atoms with Gasteiger partial charge in [0.1, 0.15) is 0 Å². The number of nitrogens with zero attached hydrogens (tertiary/aromatic N) is 2. The molecule has 2 unspecified atom stereocenters. The summed E-state index contributed by atoms with van der Waals surface area (Å²) in [5.74, 6) is 0.674. The van der Waals surface area contributed by atoms with Gasteiger partial charge in [0.15, 0.2) is 0 Å². The number of benzene rings is 1. The molecule has 0 radical (unpaired) electrons. The Morgan fingerprint density at radius 3 is 2.43 bits per heavy atom. The van der Waals surface area contributed by atoms with Crippen molar-refractivity contribution < 1.29 is 18.0 Å². The largest absolute Gasteiger partial charge is 0.355 e. The Kier molecular flexibility index (Phi) is 8.81. The van der Waals surface area contributed by atoms with Crippen molar-refractivity contribution in [2.75, 3.05) is 46.8 Å². The topological polar surface area (TPSA) is 98.8 Å². The van der Waals surface area contributed by atoms with Gasteiger partial charge in [-0.2, -0.15) is 0 Å². The fourth-order valence-electron chi connectivity index (χ4n) is 3.84. The molecule has 1 heterocycles. The van der Waals surface area contributed by atoms with Crippen LogP contribution in [0.4, 0.5) is 0 Å². The highest BCUT2D eigenvalue weighted by molar-refractivity contribution is 7.89. The van der Waals surface area contributed by atoms with Gasteiger partial charge < -0.3 is 15.5 Å². The van der Waals surface area contributed by atoms with E-state index in [1.165, 1.54) is 44.8 Å². The third kappa shape index (κ3) is 7.07. The Morgan fingerprint density at radius 2 is 1.80 bits per heavy atom. The van der Waals surface area contributed by atoms with Crippen molar-refractivity contribution in [2.24, 2.45) is 11.8 Å². The van der Waals surface area contributed by atoms with E-state index in [0.29, 0.717) is 18.4 Å². The zero-order valence-corrected chi connectivity index (χ0v) is 19.2. The number of carbonyl (C=O) groups excluding carboxylic acids is 2. The molecule has 1 aromatic rings. The minimum atomic E-state index is -3.63. The normalized spacial score (nSPS) is 20.2. The summed E-state index contributed by atoms with van der Waals surface area (Å²) in [6, 6.07) is 5.77. The highest BCUT2D eigenvalue weighted by Gasteiger charge is 2.21. The molecule has 1 aliphatic heterocycles. The minimum absolute atomic E-state index is 0.0333. The standard InChI is InChI=1S/C21H34N4O4S/c1-16-11-17(2)15-25(14-16)10-6-9-22-20(26)13-23-21(27)18-7-5-8-19(12-18)30(28,29)24(3)4/h5,7-8,12,16-17H,6,9-11,13-15H2,1-4H3,(H,22,26)(H,23,27). The Morgan fingerprint density at radius 1 is 1.13 bits per heavy atom. The van der Waals surface area contributed by atoms with Crippen LogP contribution in [0.5, 0.6) is 0 Å². The van der Waals surface area contributed by atoms with Crippen LogP contribution in [0.15, 0.2) is 29.2 Å². The molecule has 0 spiro atoms. The predicted molar refractivity (Wildman–Crippen MR) is 117 cm³/mol. The van der Waals surface area contributed by atoms with E-state index in [9.17, 15) is 18.0 Å². The molecule has 2 N–H and O–H groups in total. The molecule has 1 fully saturated rings. The molecule has 9 heteroatoms. The first kappa shape index (κ1) is 24.3. The zero-order valence-electron chi connectivity index (χ0n) is 18.3. The van der Waals surface area contributed by atoms with Crippen LogP contribution in [0.25, 0.3) is 0 Å². The van der Waals surface area contributed by atoms with E-state index in [1.807, 2.05) is 0 Å². The van der Waals surface area contributed by atoms with Gasteiger partial charge in [-0.05, 0) is 49.4 Å². The predicted octanol–water partition coefficient (Wildman–Crippen LogP) is 1.15. The highest BCUT2D eigenvalue weighted by Crippen LogP contribution is 2.20. The molecular formula is C21H34N4O4S. The molecule has 1 aliphatic rings. The van der Waals surface area contributed by atoms with Crippen LogP contribution < -0.4 is 10.6 Å². The van der Waals surface area contributed by atoms with Gasteiger partial charge in [-0.3, -0.25) is 9.59 Å². The maximum Gasteiger partial charge on any atom is 0.251 e. The number of sulfonamides is 1. The number of rotatable bonds is 9. The second kappa shape index (κ2) is 10.9. The summed E-state index contributed by atoms with van der Waals surface area (Å²) in [6.07, 6.45) is 2.14. The highest BCUT2D eigenvalue weighted by atomic mass is 32.2. The minimum Gasteiger partial charge on any atom is -0.355 e. The van der Waals surface area contributed by atoms with Gasteiger partial charge >= 0.3 is 0 Å². The molecule has 0 saturated carbocycles.